The Bertz CT molecular complexity index is 521. The fraction of sp³-hybridized carbons (Fsp3) is 0. The second-order valence-corrected chi connectivity index (χ2v) is 3.38. The van der Waals surface area contributed by atoms with E-state index in [-0.39, 0.29) is 0 Å². The fourth-order valence-electron chi connectivity index (χ4n) is 1.20. The molecule has 0 bridgehead atoms. The standard InChI is InChI=1S/C13H11N5/c1-10(12-6-3-4-7-14-12)17-18-11(2)13-15-8-5-9-16-13/h3-9H,1-2H2/b18-17-. The first-order chi connectivity index (χ1) is 8.77. The number of azo groups is 1. The molecule has 0 aliphatic heterocycles. The van der Waals surface area contributed by atoms with Gasteiger partial charge in [-0.3, -0.25) is 4.98 Å². The van der Waals surface area contributed by atoms with Gasteiger partial charge in [-0.1, -0.05) is 19.2 Å². The predicted molar refractivity (Wildman–Crippen MR) is 69.2 cm³/mol. The fourth-order valence-corrected chi connectivity index (χ4v) is 1.20. The molecule has 0 radical (unpaired) electrons. The summed E-state index contributed by atoms with van der Waals surface area (Å²) in [7, 11) is 0. The first kappa shape index (κ1) is 11.8. The Morgan fingerprint density at radius 3 is 2.17 bits per heavy atom. The highest BCUT2D eigenvalue weighted by molar-refractivity contribution is 5.60. The Balaban J connectivity index is 2.08. The van der Waals surface area contributed by atoms with E-state index in [1.54, 1.807) is 24.7 Å². The first-order valence-corrected chi connectivity index (χ1v) is 5.26. The van der Waals surface area contributed by atoms with Gasteiger partial charge in [0, 0.05) is 18.6 Å². The molecular weight excluding hydrogens is 226 g/mol. The third-order valence-electron chi connectivity index (χ3n) is 2.08. The van der Waals surface area contributed by atoms with Crippen molar-refractivity contribution in [1.29, 1.82) is 0 Å². The van der Waals surface area contributed by atoms with Crippen molar-refractivity contribution in [2.24, 2.45) is 10.2 Å². The van der Waals surface area contributed by atoms with Crippen LogP contribution in [0.3, 0.4) is 0 Å². The first-order valence-electron chi connectivity index (χ1n) is 5.26. The molecule has 0 atom stereocenters. The van der Waals surface area contributed by atoms with Crippen LogP contribution >= 0.6 is 0 Å². The number of rotatable bonds is 4. The van der Waals surface area contributed by atoms with Gasteiger partial charge in [0.15, 0.2) is 5.82 Å². The highest BCUT2D eigenvalue weighted by Crippen LogP contribution is 2.14. The molecule has 0 aromatic carbocycles. The van der Waals surface area contributed by atoms with Crippen LogP contribution in [-0.4, -0.2) is 15.0 Å². The molecule has 0 amide bonds. The average molecular weight is 237 g/mol. The van der Waals surface area contributed by atoms with E-state index in [0.717, 1.165) is 0 Å². The van der Waals surface area contributed by atoms with Gasteiger partial charge in [-0.25, -0.2) is 9.97 Å². The Morgan fingerprint density at radius 2 is 1.50 bits per heavy atom. The SMILES string of the molecule is C=C(/N=N\C(=C)c1ncccn1)c1ccccn1. The van der Waals surface area contributed by atoms with Crippen molar-refractivity contribution < 1.29 is 0 Å². The normalized spacial score (nSPS) is 10.4. The van der Waals surface area contributed by atoms with Crippen LogP contribution in [0.1, 0.15) is 11.5 Å². The molecule has 88 valence electrons. The Labute approximate surface area is 105 Å². The Kier molecular flexibility index (Phi) is 3.66. The lowest BCUT2D eigenvalue weighted by molar-refractivity contribution is 1.08. The zero-order chi connectivity index (χ0) is 12.8. The second-order valence-electron chi connectivity index (χ2n) is 3.38. The molecule has 5 heteroatoms. The minimum Gasteiger partial charge on any atom is -0.255 e. The van der Waals surface area contributed by atoms with Crippen molar-refractivity contribution >= 4 is 11.4 Å². The molecular formula is C13H11N5. The monoisotopic (exact) mass is 237 g/mol. The minimum atomic E-state index is 0.382. The number of aromatic nitrogens is 3. The van der Waals surface area contributed by atoms with Crippen LogP contribution in [0, 0.1) is 0 Å². The highest BCUT2D eigenvalue weighted by Gasteiger charge is 2.01. The molecule has 0 saturated carbocycles. The van der Waals surface area contributed by atoms with Gasteiger partial charge in [0.05, 0.1) is 5.69 Å². The lowest BCUT2D eigenvalue weighted by Crippen LogP contribution is -1.89. The van der Waals surface area contributed by atoms with Gasteiger partial charge in [0.1, 0.15) is 11.4 Å². The smallest absolute Gasteiger partial charge is 0.179 e. The summed E-state index contributed by atoms with van der Waals surface area (Å²) < 4.78 is 0. The largest absolute Gasteiger partial charge is 0.255 e. The molecule has 18 heavy (non-hydrogen) atoms. The van der Waals surface area contributed by atoms with E-state index in [0.29, 0.717) is 22.9 Å². The van der Waals surface area contributed by atoms with E-state index in [1.165, 1.54) is 0 Å². The van der Waals surface area contributed by atoms with Crippen molar-refractivity contribution in [2.75, 3.05) is 0 Å². The molecule has 0 spiro atoms. The van der Waals surface area contributed by atoms with Gasteiger partial charge in [-0.05, 0) is 18.2 Å². The summed E-state index contributed by atoms with van der Waals surface area (Å²) in [6.07, 6.45) is 4.92. The summed E-state index contributed by atoms with van der Waals surface area (Å²) in [5.74, 6) is 0.440. The summed E-state index contributed by atoms with van der Waals surface area (Å²) in [5.41, 5.74) is 1.52. The predicted octanol–water partition coefficient (Wildman–Crippen LogP) is 2.97. The number of nitrogens with zero attached hydrogens (tertiary/aromatic N) is 5. The van der Waals surface area contributed by atoms with Crippen LogP contribution in [0.15, 0.2) is 66.2 Å². The van der Waals surface area contributed by atoms with E-state index in [9.17, 15) is 0 Å². The number of hydrogen-bond donors (Lipinski definition) is 0. The summed E-state index contributed by atoms with van der Waals surface area (Å²) >= 11 is 0. The molecule has 0 N–H and O–H groups in total. The lowest BCUT2D eigenvalue weighted by Gasteiger charge is -1.98. The number of pyridine rings is 1. The van der Waals surface area contributed by atoms with Gasteiger partial charge < -0.3 is 0 Å². The molecule has 2 aromatic rings. The second kappa shape index (κ2) is 5.58. The van der Waals surface area contributed by atoms with Crippen molar-refractivity contribution in [3.05, 3.63) is 67.5 Å². The molecule has 0 unspecified atom stereocenters. The molecule has 2 rings (SSSR count). The summed E-state index contributed by atoms with van der Waals surface area (Å²) in [6, 6.07) is 7.21. The third-order valence-corrected chi connectivity index (χ3v) is 2.08. The third kappa shape index (κ3) is 2.91. The maximum atomic E-state index is 4.12. The van der Waals surface area contributed by atoms with Crippen LogP contribution in [0.4, 0.5) is 0 Å². The zero-order valence-corrected chi connectivity index (χ0v) is 9.69. The zero-order valence-electron chi connectivity index (χ0n) is 9.69. The van der Waals surface area contributed by atoms with Crippen molar-refractivity contribution in [1.82, 2.24) is 15.0 Å². The van der Waals surface area contributed by atoms with Gasteiger partial charge in [-0.2, -0.15) is 0 Å². The lowest BCUT2D eigenvalue weighted by atomic mass is 10.3. The van der Waals surface area contributed by atoms with Crippen LogP contribution in [0.25, 0.3) is 11.4 Å². The Morgan fingerprint density at radius 1 is 0.833 bits per heavy atom. The molecule has 0 aliphatic rings. The van der Waals surface area contributed by atoms with E-state index in [4.69, 9.17) is 0 Å². The van der Waals surface area contributed by atoms with Crippen LogP contribution in [0.2, 0.25) is 0 Å². The summed E-state index contributed by atoms with van der Waals surface area (Å²) in [6.45, 7) is 7.53. The van der Waals surface area contributed by atoms with Crippen LogP contribution < -0.4 is 0 Å². The molecule has 2 heterocycles. The van der Waals surface area contributed by atoms with Gasteiger partial charge >= 0.3 is 0 Å². The number of hydrogen-bond acceptors (Lipinski definition) is 5. The van der Waals surface area contributed by atoms with Crippen molar-refractivity contribution in [2.45, 2.75) is 0 Å². The van der Waals surface area contributed by atoms with E-state index < -0.39 is 0 Å². The summed E-state index contributed by atoms with van der Waals surface area (Å²) in [4.78, 5) is 12.2. The van der Waals surface area contributed by atoms with E-state index >= 15 is 0 Å². The van der Waals surface area contributed by atoms with Gasteiger partial charge in [0.25, 0.3) is 0 Å². The molecule has 0 fully saturated rings. The van der Waals surface area contributed by atoms with Crippen LogP contribution in [-0.2, 0) is 0 Å². The Hall–Kier alpha value is -2.69. The van der Waals surface area contributed by atoms with Crippen molar-refractivity contribution in [3.63, 3.8) is 0 Å². The molecule has 0 saturated heterocycles. The maximum Gasteiger partial charge on any atom is 0.179 e. The minimum absolute atomic E-state index is 0.382. The molecule has 0 aliphatic carbocycles. The molecule has 5 nitrogen and oxygen atoms in total. The maximum absolute atomic E-state index is 4.12. The molecule has 2 aromatic heterocycles. The van der Waals surface area contributed by atoms with Gasteiger partial charge in [0.2, 0.25) is 0 Å². The average Bonchev–Trinajstić information content (AvgIpc) is 2.46. The van der Waals surface area contributed by atoms with E-state index in [2.05, 4.69) is 38.3 Å². The highest BCUT2D eigenvalue weighted by atomic mass is 15.1. The quantitative estimate of drug-likeness (QED) is 0.768. The van der Waals surface area contributed by atoms with Gasteiger partial charge in [-0.15, -0.1) is 10.2 Å². The van der Waals surface area contributed by atoms with Crippen molar-refractivity contribution in [3.8, 4) is 0 Å². The van der Waals surface area contributed by atoms with E-state index in [1.807, 2.05) is 18.2 Å². The summed E-state index contributed by atoms with van der Waals surface area (Å²) in [5, 5.41) is 7.90. The van der Waals surface area contributed by atoms with Crippen LogP contribution in [0.5, 0.6) is 0 Å². The topological polar surface area (TPSA) is 63.4 Å².